The second-order valence-corrected chi connectivity index (χ2v) is 3.09. The molecular formula is C7H5BrF2N2O. The first-order valence-corrected chi connectivity index (χ1v) is 4.05. The zero-order valence-electron chi connectivity index (χ0n) is 6.27. The molecule has 0 bridgehead atoms. The third-order valence-electron chi connectivity index (χ3n) is 1.34. The van der Waals surface area contributed by atoms with E-state index in [1.165, 1.54) is 12.1 Å². The minimum atomic E-state index is -0.868. The third kappa shape index (κ3) is 2.46. The molecule has 0 aliphatic carbocycles. The predicted molar refractivity (Wildman–Crippen MR) is 45.8 cm³/mol. The van der Waals surface area contributed by atoms with E-state index in [9.17, 15) is 13.7 Å². The van der Waals surface area contributed by atoms with Crippen LogP contribution >= 0.6 is 15.9 Å². The highest BCUT2D eigenvalue weighted by Crippen LogP contribution is 2.14. The molecule has 0 spiro atoms. The van der Waals surface area contributed by atoms with Crippen LogP contribution in [0.3, 0.4) is 0 Å². The molecule has 0 atom stereocenters. The average Bonchev–Trinajstić information content (AvgIpc) is 2.04. The van der Waals surface area contributed by atoms with Gasteiger partial charge < -0.3 is 0 Å². The van der Waals surface area contributed by atoms with Gasteiger partial charge in [0.2, 0.25) is 0 Å². The summed E-state index contributed by atoms with van der Waals surface area (Å²) in [6.45, 7) is 0. The van der Waals surface area contributed by atoms with E-state index in [1.807, 2.05) is 0 Å². The Kier molecular flexibility index (Phi) is 3.32. The van der Waals surface area contributed by atoms with Crippen molar-refractivity contribution in [2.45, 2.75) is 0 Å². The summed E-state index contributed by atoms with van der Waals surface area (Å²) in [6.07, 6.45) is 0. The normalized spacial score (nSPS) is 9.77. The molecule has 0 heterocycles. The Hall–Kier alpha value is -1.01. The zero-order valence-corrected chi connectivity index (χ0v) is 7.86. The van der Waals surface area contributed by atoms with Crippen molar-refractivity contribution < 1.29 is 13.7 Å². The summed E-state index contributed by atoms with van der Waals surface area (Å²) in [7, 11) is 0. The lowest BCUT2D eigenvalue weighted by molar-refractivity contribution is 0.0877. The van der Waals surface area contributed by atoms with Crippen LogP contribution in [0.5, 0.6) is 0 Å². The minimum absolute atomic E-state index is 0.228. The van der Waals surface area contributed by atoms with Crippen LogP contribution in [-0.4, -0.2) is 5.91 Å². The molecule has 0 saturated carbocycles. The van der Waals surface area contributed by atoms with Crippen LogP contribution in [0.4, 0.5) is 8.87 Å². The van der Waals surface area contributed by atoms with E-state index in [1.54, 1.807) is 5.43 Å². The number of benzene rings is 1. The Morgan fingerprint density at radius 1 is 1.46 bits per heavy atom. The van der Waals surface area contributed by atoms with Crippen molar-refractivity contribution in [1.82, 2.24) is 11.1 Å². The lowest BCUT2D eigenvalue weighted by Crippen LogP contribution is -2.31. The Bertz CT molecular complexity index is 332. The SMILES string of the molecule is O=C(NNF)c1ccc(Br)cc1F. The number of hydrogen-bond donors (Lipinski definition) is 2. The fourth-order valence-corrected chi connectivity index (χ4v) is 1.12. The number of carbonyl (C=O) groups excluding carboxylic acids is 1. The fraction of sp³-hybridized carbons (Fsp3) is 0. The molecular weight excluding hydrogens is 246 g/mol. The van der Waals surface area contributed by atoms with E-state index in [0.717, 1.165) is 11.7 Å². The Morgan fingerprint density at radius 2 is 2.15 bits per heavy atom. The van der Waals surface area contributed by atoms with E-state index < -0.39 is 11.7 Å². The quantitative estimate of drug-likeness (QED) is 0.620. The van der Waals surface area contributed by atoms with Crippen molar-refractivity contribution in [3.8, 4) is 0 Å². The van der Waals surface area contributed by atoms with Gasteiger partial charge in [-0.05, 0) is 18.2 Å². The molecule has 1 aromatic carbocycles. The Morgan fingerprint density at radius 3 is 2.69 bits per heavy atom. The zero-order chi connectivity index (χ0) is 9.84. The number of carbonyl (C=O) groups is 1. The van der Waals surface area contributed by atoms with Crippen molar-refractivity contribution in [3.63, 3.8) is 0 Å². The van der Waals surface area contributed by atoms with Gasteiger partial charge in [0.25, 0.3) is 5.91 Å². The van der Waals surface area contributed by atoms with Crippen molar-refractivity contribution >= 4 is 21.8 Å². The molecule has 1 amide bonds. The number of amides is 1. The van der Waals surface area contributed by atoms with Gasteiger partial charge in [-0.15, -0.1) is 4.48 Å². The maximum atomic E-state index is 13.0. The third-order valence-corrected chi connectivity index (χ3v) is 1.83. The van der Waals surface area contributed by atoms with Gasteiger partial charge in [-0.25, -0.2) is 4.39 Å². The first-order chi connectivity index (χ1) is 6.15. The van der Waals surface area contributed by atoms with Crippen molar-refractivity contribution in [1.29, 1.82) is 0 Å². The van der Waals surface area contributed by atoms with E-state index in [4.69, 9.17) is 0 Å². The molecule has 70 valence electrons. The standard InChI is InChI=1S/C7H5BrF2N2O/c8-4-1-2-5(6(9)3-4)7(13)11-12-10/h1-3,12H,(H,11,13). The van der Waals surface area contributed by atoms with Crippen LogP contribution in [0, 0.1) is 5.82 Å². The van der Waals surface area contributed by atoms with Crippen molar-refractivity contribution in [3.05, 3.63) is 34.1 Å². The van der Waals surface area contributed by atoms with Gasteiger partial charge in [0, 0.05) is 4.47 Å². The summed E-state index contributed by atoms with van der Waals surface area (Å²) < 4.78 is 24.9. The van der Waals surface area contributed by atoms with Gasteiger partial charge in [-0.1, -0.05) is 21.6 Å². The number of hydrogen-bond acceptors (Lipinski definition) is 2. The first kappa shape index (κ1) is 10.1. The van der Waals surface area contributed by atoms with Crippen molar-refractivity contribution in [2.24, 2.45) is 0 Å². The number of nitrogens with one attached hydrogen (secondary N) is 2. The second-order valence-electron chi connectivity index (χ2n) is 2.17. The summed E-state index contributed by atoms with van der Waals surface area (Å²) in [6, 6.07) is 3.84. The van der Waals surface area contributed by atoms with Gasteiger partial charge >= 0.3 is 0 Å². The molecule has 6 heteroatoms. The smallest absolute Gasteiger partial charge is 0.268 e. The largest absolute Gasteiger partial charge is 0.270 e. The van der Waals surface area contributed by atoms with E-state index in [-0.39, 0.29) is 5.56 Å². The highest BCUT2D eigenvalue weighted by Gasteiger charge is 2.10. The summed E-state index contributed by atoms with van der Waals surface area (Å²) in [5, 5.41) is 0. The van der Waals surface area contributed by atoms with E-state index in [0.29, 0.717) is 4.47 Å². The summed E-state index contributed by atoms with van der Waals surface area (Å²) >= 11 is 3.02. The molecule has 1 aromatic rings. The molecule has 3 nitrogen and oxygen atoms in total. The maximum Gasteiger partial charge on any atom is 0.270 e. The monoisotopic (exact) mass is 250 g/mol. The van der Waals surface area contributed by atoms with Crippen LogP contribution in [0.1, 0.15) is 10.4 Å². The van der Waals surface area contributed by atoms with Crippen LogP contribution in [0.25, 0.3) is 0 Å². The van der Waals surface area contributed by atoms with Gasteiger partial charge in [0.1, 0.15) is 5.82 Å². The van der Waals surface area contributed by atoms with Crippen molar-refractivity contribution in [2.75, 3.05) is 0 Å². The molecule has 0 aromatic heterocycles. The number of hydrazine groups is 1. The molecule has 0 fully saturated rings. The Balaban J connectivity index is 2.95. The molecule has 0 aliphatic heterocycles. The minimum Gasteiger partial charge on any atom is -0.268 e. The van der Waals surface area contributed by atoms with Gasteiger partial charge in [-0.2, -0.15) is 0 Å². The summed E-state index contributed by atoms with van der Waals surface area (Å²) in [5.41, 5.74) is 2.31. The van der Waals surface area contributed by atoms with Gasteiger partial charge in [0.15, 0.2) is 0 Å². The average molecular weight is 251 g/mol. The fourth-order valence-electron chi connectivity index (χ4n) is 0.784. The van der Waals surface area contributed by atoms with E-state index in [2.05, 4.69) is 15.9 Å². The Labute approximate surface area is 81.2 Å². The number of rotatable bonds is 2. The lowest BCUT2D eigenvalue weighted by atomic mass is 10.2. The highest BCUT2D eigenvalue weighted by molar-refractivity contribution is 9.10. The molecule has 1 rings (SSSR count). The topological polar surface area (TPSA) is 41.1 Å². The first-order valence-electron chi connectivity index (χ1n) is 3.26. The highest BCUT2D eigenvalue weighted by atomic mass is 79.9. The molecule has 13 heavy (non-hydrogen) atoms. The van der Waals surface area contributed by atoms with Crippen LogP contribution in [0.15, 0.2) is 22.7 Å². The molecule has 0 unspecified atom stereocenters. The predicted octanol–water partition coefficient (Wildman–Crippen LogP) is 1.71. The van der Waals surface area contributed by atoms with Gasteiger partial charge in [-0.3, -0.25) is 10.2 Å². The lowest BCUT2D eigenvalue weighted by Gasteiger charge is -2.02. The van der Waals surface area contributed by atoms with Crippen LogP contribution in [-0.2, 0) is 0 Å². The second kappa shape index (κ2) is 4.29. The van der Waals surface area contributed by atoms with Crippen LogP contribution in [0.2, 0.25) is 0 Å². The number of halogens is 3. The van der Waals surface area contributed by atoms with Gasteiger partial charge in [0.05, 0.1) is 5.56 Å². The summed E-state index contributed by atoms with van der Waals surface area (Å²) in [4.78, 5) is 10.9. The maximum absolute atomic E-state index is 13.0. The van der Waals surface area contributed by atoms with E-state index >= 15 is 0 Å². The van der Waals surface area contributed by atoms with Crippen LogP contribution < -0.4 is 11.1 Å². The molecule has 0 radical (unpaired) electrons. The molecule has 2 N–H and O–H groups in total. The summed E-state index contributed by atoms with van der Waals surface area (Å²) in [5.74, 6) is -1.59. The molecule has 0 saturated heterocycles. The molecule has 0 aliphatic rings.